The first-order chi connectivity index (χ1) is 16.2. The molecule has 7 heteroatoms. The Bertz CT molecular complexity index is 1470. The number of nitrogens with zero attached hydrogens (tertiary/aromatic N) is 4. The molecule has 6 rings (SSSR count). The van der Waals surface area contributed by atoms with Gasteiger partial charge in [0.1, 0.15) is 11.6 Å². The number of piperidine rings is 1. The van der Waals surface area contributed by atoms with Gasteiger partial charge in [-0.3, -0.25) is 4.79 Å². The third-order valence-electron chi connectivity index (χ3n) is 6.38. The highest BCUT2D eigenvalue weighted by Crippen LogP contribution is 2.34. The molecule has 0 saturated carbocycles. The Hall–Kier alpha value is -3.58. The zero-order valence-electron chi connectivity index (χ0n) is 17.8. The number of imidazole rings is 1. The van der Waals surface area contributed by atoms with Crippen LogP contribution in [0.4, 0.5) is 4.39 Å². The highest BCUT2D eigenvalue weighted by atomic mass is 32.1. The summed E-state index contributed by atoms with van der Waals surface area (Å²) < 4.78 is 17.3. The Morgan fingerprint density at radius 2 is 1.76 bits per heavy atom. The van der Waals surface area contributed by atoms with Gasteiger partial charge in [0.05, 0.1) is 26.8 Å². The lowest BCUT2D eigenvalue weighted by Gasteiger charge is -2.33. The number of benzene rings is 3. The number of rotatable bonds is 3. The maximum atomic E-state index is 14.1. The SMILES string of the molecule is O=C(c1ccc2ncsc2c1)N1CCC(n2c(-c3ccccc3)nc3ccc(F)cc32)CC1. The van der Waals surface area contributed by atoms with E-state index in [0.717, 1.165) is 45.5 Å². The summed E-state index contributed by atoms with van der Waals surface area (Å²) in [7, 11) is 0. The van der Waals surface area contributed by atoms with E-state index in [1.807, 2.05) is 53.4 Å². The van der Waals surface area contributed by atoms with Crippen LogP contribution in [0.3, 0.4) is 0 Å². The van der Waals surface area contributed by atoms with Crippen LogP contribution in [0, 0.1) is 5.82 Å². The molecule has 0 atom stereocenters. The second-order valence-electron chi connectivity index (χ2n) is 8.36. The van der Waals surface area contributed by atoms with Gasteiger partial charge in [-0.25, -0.2) is 14.4 Å². The van der Waals surface area contributed by atoms with Crippen LogP contribution in [0.1, 0.15) is 29.2 Å². The molecule has 5 aromatic rings. The van der Waals surface area contributed by atoms with Gasteiger partial charge in [0.2, 0.25) is 0 Å². The molecular formula is C26H21FN4OS. The first-order valence-electron chi connectivity index (χ1n) is 11.0. The smallest absolute Gasteiger partial charge is 0.253 e. The van der Waals surface area contributed by atoms with Crippen LogP contribution >= 0.6 is 11.3 Å². The molecule has 1 amide bonds. The monoisotopic (exact) mass is 456 g/mol. The summed E-state index contributed by atoms with van der Waals surface area (Å²) in [5, 5.41) is 0. The van der Waals surface area contributed by atoms with Crippen LogP contribution in [0.2, 0.25) is 0 Å². The Kier molecular flexibility index (Phi) is 4.91. The molecule has 0 bridgehead atoms. The molecule has 1 fully saturated rings. The molecule has 0 N–H and O–H groups in total. The van der Waals surface area contributed by atoms with Crippen molar-refractivity contribution >= 4 is 38.5 Å². The number of carbonyl (C=O) groups is 1. The van der Waals surface area contributed by atoms with E-state index < -0.39 is 0 Å². The number of amides is 1. The number of halogens is 1. The van der Waals surface area contributed by atoms with Crippen LogP contribution in [0.5, 0.6) is 0 Å². The highest BCUT2D eigenvalue weighted by Gasteiger charge is 2.28. The van der Waals surface area contributed by atoms with E-state index >= 15 is 0 Å². The maximum absolute atomic E-state index is 14.1. The average Bonchev–Trinajstić information content (AvgIpc) is 3.48. The van der Waals surface area contributed by atoms with Gasteiger partial charge >= 0.3 is 0 Å². The van der Waals surface area contributed by atoms with E-state index in [-0.39, 0.29) is 17.8 Å². The number of likely N-dealkylation sites (tertiary alicyclic amines) is 1. The van der Waals surface area contributed by atoms with Gasteiger partial charge in [-0.1, -0.05) is 30.3 Å². The lowest BCUT2D eigenvalue weighted by molar-refractivity contribution is 0.0696. The van der Waals surface area contributed by atoms with Crippen molar-refractivity contribution in [2.24, 2.45) is 0 Å². The maximum Gasteiger partial charge on any atom is 0.253 e. The second-order valence-corrected chi connectivity index (χ2v) is 9.25. The summed E-state index contributed by atoms with van der Waals surface area (Å²) in [6, 6.07) is 20.6. The summed E-state index contributed by atoms with van der Waals surface area (Å²) in [5.74, 6) is 0.625. The predicted molar refractivity (Wildman–Crippen MR) is 129 cm³/mol. The van der Waals surface area contributed by atoms with Crippen LogP contribution in [-0.4, -0.2) is 38.4 Å². The van der Waals surface area contributed by atoms with Gasteiger partial charge < -0.3 is 9.47 Å². The van der Waals surface area contributed by atoms with Crippen molar-refractivity contribution in [1.29, 1.82) is 0 Å². The number of hydrogen-bond donors (Lipinski definition) is 0. The van der Waals surface area contributed by atoms with Gasteiger partial charge in [0, 0.05) is 30.3 Å². The van der Waals surface area contributed by atoms with Crippen molar-refractivity contribution in [3.63, 3.8) is 0 Å². The van der Waals surface area contributed by atoms with Crippen molar-refractivity contribution in [3.05, 3.63) is 83.6 Å². The lowest BCUT2D eigenvalue weighted by atomic mass is 10.0. The molecule has 33 heavy (non-hydrogen) atoms. The summed E-state index contributed by atoms with van der Waals surface area (Å²) in [5.41, 5.74) is 6.01. The third-order valence-corrected chi connectivity index (χ3v) is 7.17. The fourth-order valence-electron chi connectivity index (χ4n) is 4.72. The molecule has 3 heterocycles. The molecule has 164 valence electrons. The minimum Gasteiger partial charge on any atom is -0.338 e. The topological polar surface area (TPSA) is 51.0 Å². The molecule has 1 aliphatic heterocycles. The quantitative estimate of drug-likeness (QED) is 0.338. The number of hydrogen-bond acceptors (Lipinski definition) is 4. The van der Waals surface area contributed by atoms with Crippen LogP contribution in [0.25, 0.3) is 32.6 Å². The van der Waals surface area contributed by atoms with Crippen molar-refractivity contribution in [3.8, 4) is 11.4 Å². The van der Waals surface area contributed by atoms with Gasteiger partial charge in [-0.05, 0) is 49.2 Å². The summed E-state index contributed by atoms with van der Waals surface area (Å²) >= 11 is 1.54. The zero-order chi connectivity index (χ0) is 22.4. The molecular weight excluding hydrogens is 435 g/mol. The Morgan fingerprint density at radius 3 is 2.58 bits per heavy atom. The van der Waals surface area contributed by atoms with Crippen LogP contribution in [-0.2, 0) is 0 Å². The van der Waals surface area contributed by atoms with Crippen LogP contribution in [0.15, 0.2) is 72.2 Å². The lowest BCUT2D eigenvalue weighted by Crippen LogP contribution is -2.39. The van der Waals surface area contributed by atoms with Crippen molar-refractivity contribution in [2.75, 3.05) is 13.1 Å². The molecule has 0 radical (unpaired) electrons. The van der Waals surface area contributed by atoms with E-state index in [1.165, 1.54) is 6.07 Å². The number of thiazole rings is 1. The summed E-state index contributed by atoms with van der Waals surface area (Å²) in [6.07, 6.45) is 1.58. The van der Waals surface area contributed by atoms with E-state index in [9.17, 15) is 9.18 Å². The largest absolute Gasteiger partial charge is 0.338 e. The van der Waals surface area contributed by atoms with E-state index in [4.69, 9.17) is 4.98 Å². The normalized spacial score (nSPS) is 14.9. The molecule has 0 spiro atoms. The van der Waals surface area contributed by atoms with Gasteiger partial charge in [-0.2, -0.15) is 0 Å². The fraction of sp³-hybridized carbons (Fsp3) is 0.192. The van der Waals surface area contributed by atoms with E-state index in [1.54, 1.807) is 29.0 Å². The van der Waals surface area contributed by atoms with Crippen LogP contribution < -0.4 is 0 Å². The van der Waals surface area contributed by atoms with E-state index in [0.29, 0.717) is 18.7 Å². The third kappa shape index (κ3) is 3.58. The molecule has 0 unspecified atom stereocenters. The van der Waals surface area contributed by atoms with Gasteiger partial charge in [0.15, 0.2) is 0 Å². The highest BCUT2D eigenvalue weighted by molar-refractivity contribution is 7.16. The van der Waals surface area contributed by atoms with Gasteiger partial charge in [-0.15, -0.1) is 11.3 Å². The average molecular weight is 457 g/mol. The standard InChI is InChI=1S/C26H21FN4OS/c27-19-7-9-21-23(15-19)31(25(29-21)17-4-2-1-3-5-17)20-10-12-30(13-11-20)26(32)18-6-8-22-24(14-18)33-16-28-22/h1-9,14-16,20H,10-13H2. The minimum absolute atomic E-state index is 0.0496. The van der Waals surface area contributed by atoms with Gasteiger partial charge in [0.25, 0.3) is 5.91 Å². The Morgan fingerprint density at radius 1 is 0.970 bits per heavy atom. The first kappa shape index (κ1) is 20.1. The molecule has 2 aromatic heterocycles. The Balaban J connectivity index is 1.29. The molecule has 0 aliphatic carbocycles. The zero-order valence-corrected chi connectivity index (χ0v) is 18.6. The summed E-state index contributed by atoms with van der Waals surface area (Å²) in [6.45, 7) is 1.29. The van der Waals surface area contributed by atoms with Crippen molar-refractivity contribution in [2.45, 2.75) is 18.9 Å². The van der Waals surface area contributed by atoms with E-state index in [2.05, 4.69) is 9.55 Å². The molecule has 1 aliphatic rings. The number of carbonyl (C=O) groups excluding carboxylic acids is 1. The Labute approximate surface area is 194 Å². The van der Waals surface area contributed by atoms with Crippen molar-refractivity contribution in [1.82, 2.24) is 19.4 Å². The number of aromatic nitrogens is 3. The predicted octanol–water partition coefficient (Wildman–Crippen LogP) is 5.93. The fourth-order valence-corrected chi connectivity index (χ4v) is 5.44. The van der Waals surface area contributed by atoms with Crippen molar-refractivity contribution < 1.29 is 9.18 Å². The number of fused-ring (bicyclic) bond motifs is 2. The molecule has 5 nitrogen and oxygen atoms in total. The first-order valence-corrected chi connectivity index (χ1v) is 11.9. The minimum atomic E-state index is -0.269. The second kappa shape index (κ2) is 8.08. The molecule has 3 aromatic carbocycles. The summed E-state index contributed by atoms with van der Waals surface area (Å²) in [4.78, 5) is 24.2. The molecule has 1 saturated heterocycles.